The maximum Gasteiger partial charge on any atom is 0.135 e. The Kier molecular flexibility index (Phi) is 3.28. The molecule has 18 heavy (non-hydrogen) atoms. The zero-order valence-electron chi connectivity index (χ0n) is 10.5. The van der Waals surface area contributed by atoms with Crippen LogP contribution in [0.15, 0.2) is 10.7 Å². The molecule has 98 valence electrons. The standard InChI is InChI=1S/C13H18BrN3O/c1-8-4-5-17(7-10(8)18)12-6-11(14)15-13(16-12)9-2-3-9/h6,8-10,18H,2-5,7H2,1H3. The summed E-state index contributed by atoms with van der Waals surface area (Å²) in [6.07, 6.45) is 3.17. The lowest BCUT2D eigenvalue weighted by Gasteiger charge is -2.35. The van der Waals surface area contributed by atoms with E-state index in [1.807, 2.05) is 6.07 Å². The van der Waals surface area contributed by atoms with E-state index in [1.165, 1.54) is 12.8 Å². The minimum Gasteiger partial charge on any atom is -0.391 e. The number of aliphatic hydroxyl groups is 1. The Labute approximate surface area is 116 Å². The Morgan fingerprint density at radius 3 is 2.78 bits per heavy atom. The average Bonchev–Trinajstić information content (AvgIpc) is 3.16. The van der Waals surface area contributed by atoms with Crippen molar-refractivity contribution in [1.82, 2.24) is 9.97 Å². The number of aliphatic hydroxyl groups excluding tert-OH is 1. The highest BCUT2D eigenvalue weighted by atomic mass is 79.9. The second kappa shape index (κ2) is 4.78. The molecule has 3 rings (SSSR count). The molecule has 0 bridgehead atoms. The van der Waals surface area contributed by atoms with Crippen LogP contribution in [0.1, 0.15) is 37.9 Å². The van der Waals surface area contributed by atoms with Gasteiger partial charge in [-0.15, -0.1) is 0 Å². The zero-order valence-corrected chi connectivity index (χ0v) is 12.1. The van der Waals surface area contributed by atoms with Crippen LogP contribution < -0.4 is 4.90 Å². The molecule has 0 spiro atoms. The third-order valence-electron chi connectivity index (χ3n) is 3.88. The van der Waals surface area contributed by atoms with Gasteiger partial charge in [0.15, 0.2) is 0 Å². The molecule has 1 aliphatic heterocycles. The fourth-order valence-electron chi connectivity index (χ4n) is 2.37. The first kappa shape index (κ1) is 12.4. The van der Waals surface area contributed by atoms with Crippen molar-refractivity contribution in [2.45, 2.75) is 38.2 Å². The molecular weight excluding hydrogens is 294 g/mol. The molecule has 0 aromatic carbocycles. The highest BCUT2D eigenvalue weighted by Crippen LogP contribution is 2.39. The summed E-state index contributed by atoms with van der Waals surface area (Å²) in [4.78, 5) is 11.3. The minimum atomic E-state index is -0.253. The van der Waals surface area contributed by atoms with E-state index in [0.717, 1.165) is 29.2 Å². The molecule has 0 amide bonds. The molecule has 2 fully saturated rings. The van der Waals surface area contributed by atoms with Crippen LogP contribution in [0, 0.1) is 5.92 Å². The van der Waals surface area contributed by atoms with Gasteiger partial charge in [0.1, 0.15) is 16.2 Å². The van der Waals surface area contributed by atoms with Gasteiger partial charge in [-0.05, 0) is 41.1 Å². The molecule has 1 aromatic heterocycles. The first-order valence-corrected chi connectivity index (χ1v) is 7.40. The Bertz CT molecular complexity index is 450. The molecule has 1 N–H and O–H groups in total. The van der Waals surface area contributed by atoms with Crippen molar-refractivity contribution >= 4 is 21.7 Å². The van der Waals surface area contributed by atoms with E-state index in [4.69, 9.17) is 0 Å². The predicted molar refractivity (Wildman–Crippen MR) is 73.7 cm³/mol. The lowest BCUT2D eigenvalue weighted by atomic mass is 9.96. The van der Waals surface area contributed by atoms with Crippen LogP contribution in [-0.2, 0) is 0 Å². The molecule has 2 aliphatic rings. The molecule has 1 aliphatic carbocycles. The molecule has 2 atom stereocenters. The van der Waals surface area contributed by atoms with Crippen molar-refractivity contribution in [3.8, 4) is 0 Å². The average molecular weight is 312 g/mol. The van der Waals surface area contributed by atoms with E-state index >= 15 is 0 Å². The van der Waals surface area contributed by atoms with Crippen LogP contribution >= 0.6 is 15.9 Å². The third-order valence-corrected chi connectivity index (χ3v) is 4.29. The molecule has 1 saturated heterocycles. The first-order valence-electron chi connectivity index (χ1n) is 6.61. The predicted octanol–water partition coefficient (Wildman–Crippen LogP) is 2.32. The van der Waals surface area contributed by atoms with Crippen molar-refractivity contribution in [3.05, 3.63) is 16.5 Å². The van der Waals surface area contributed by atoms with Crippen LogP contribution in [0.3, 0.4) is 0 Å². The van der Waals surface area contributed by atoms with Crippen molar-refractivity contribution < 1.29 is 5.11 Å². The zero-order chi connectivity index (χ0) is 12.7. The van der Waals surface area contributed by atoms with Crippen molar-refractivity contribution in [1.29, 1.82) is 0 Å². The molecule has 2 heterocycles. The number of nitrogens with zero attached hydrogens (tertiary/aromatic N) is 3. The summed E-state index contributed by atoms with van der Waals surface area (Å²) in [5.41, 5.74) is 0. The van der Waals surface area contributed by atoms with Crippen LogP contribution in [-0.4, -0.2) is 34.3 Å². The van der Waals surface area contributed by atoms with Crippen LogP contribution in [0.25, 0.3) is 0 Å². The number of rotatable bonds is 2. The fraction of sp³-hybridized carbons (Fsp3) is 0.692. The number of aromatic nitrogens is 2. The van der Waals surface area contributed by atoms with Crippen LogP contribution in [0.5, 0.6) is 0 Å². The molecule has 4 nitrogen and oxygen atoms in total. The van der Waals surface area contributed by atoms with Gasteiger partial charge < -0.3 is 10.0 Å². The van der Waals surface area contributed by atoms with Crippen molar-refractivity contribution in [2.75, 3.05) is 18.0 Å². The minimum absolute atomic E-state index is 0.253. The number of halogens is 1. The monoisotopic (exact) mass is 311 g/mol. The lowest BCUT2D eigenvalue weighted by Crippen LogP contribution is -2.43. The van der Waals surface area contributed by atoms with Gasteiger partial charge in [-0.1, -0.05) is 6.92 Å². The summed E-state index contributed by atoms with van der Waals surface area (Å²) in [7, 11) is 0. The molecule has 0 radical (unpaired) electrons. The maximum atomic E-state index is 9.97. The number of anilines is 1. The quantitative estimate of drug-likeness (QED) is 0.852. The number of piperidine rings is 1. The van der Waals surface area contributed by atoms with Gasteiger partial charge >= 0.3 is 0 Å². The first-order chi connectivity index (χ1) is 8.63. The summed E-state index contributed by atoms with van der Waals surface area (Å²) in [6.45, 7) is 3.74. The van der Waals surface area contributed by atoms with E-state index in [0.29, 0.717) is 18.4 Å². The Hall–Kier alpha value is -0.680. The summed E-state index contributed by atoms with van der Waals surface area (Å²) < 4.78 is 0.850. The van der Waals surface area contributed by atoms with Crippen LogP contribution in [0.2, 0.25) is 0 Å². The molecule has 5 heteroatoms. The molecule has 1 aromatic rings. The Morgan fingerprint density at radius 2 is 2.11 bits per heavy atom. The highest BCUT2D eigenvalue weighted by Gasteiger charge is 2.29. The fourth-order valence-corrected chi connectivity index (χ4v) is 2.75. The second-order valence-electron chi connectivity index (χ2n) is 5.46. The molecular formula is C13H18BrN3O. The van der Waals surface area contributed by atoms with E-state index in [1.54, 1.807) is 0 Å². The van der Waals surface area contributed by atoms with E-state index in [2.05, 4.69) is 37.7 Å². The summed E-state index contributed by atoms with van der Waals surface area (Å²) >= 11 is 3.46. The number of hydrogen-bond acceptors (Lipinski definition) is 4. The number of hydrogen-bond donors (Lipinski definition) is 1. The van der Waals surface area contributed by atoms with Gasteiger partial charge in [0, 0.05) is 25.1 Å². The van der Waals surface area contributed by atoms with Gasteiger partial charge in [-0.25, -0.2) is 9.97 Å². The topological polar surface area (TPSA) is 49.2 Å². The van der Waals surface area contributed by atoms with E-state index in [-0.39, 0.29) is 6.10 Å². The van der Waals surface area contributed by atoms with Gasteiger partial charge in [-0.3, -0.25) is 0 Å². The largest absolute Gasteiger partial charge is 0.391 e. The van der Waals surface area contributed by atoms with Crippen molar-refractivity contribution in [2.24, 2.45) is 5.92 Å². The SMILES string of the molecule is CC1CCN(c2cc(Br)nc(C3CC3)n2)CC1O. The van der Waals surface area contributed by atoms with Gasteiger partial charge in [0.05, 0.1) is 6.10 Å². The van der Waals surface area contributed by atoms with Gasteiger partial charge in [0.25, 0.3) is 0 Å². The van der Waals surface area contributed by atoms with Crippen molar-refractivity contribution in [3.63, 3.8) is 0 Å². The van der Waals surface area contributed by atoms with Crippen LogP contribution in [0.4, 0.5) is 5.82 Å². The van der Waals surface area contributed by atoms with E-state index < -0.39 is 0 Å². The highest BCUT2D eigenvalue weighted by molar-refractivity contribution is 9.10. The third kappa shape index (κ3) is 2.52. The van der Waals surface area contributed by atoms with E-state index in [9.17, 15) is 5.11 Å². The van der Waals surface area contributed by atoms with Gasteiger partial charge in [0.2, 0.25) is 0 Å². The maximum absolute atomic E-state index is 9.97. The Balaban J connectivity index is 1.82. The summed E-state index contributed by atoms with van der Waals surface area (Å²) in [5.74, 6) is 2.83. The molecule has 2 unspecified atom stereocenters. The smallest absolute Gasteiger partial charge is 0.135 e. The molecule has 1 saturated carbocycles. The summed E-state index contributed by atoms with van der Waals surface area (Å²) in [6, 6.07) is 1.95. The normalized spacial score (nSPS) is 28.5. The Morgan fingerprint density at radius 1 is 1.33 bits per heavy atom. The summed E-state index contributed by atoms with van der Waals surface area (Å²) in [5, 5.41) is 9.97. The van der Waals surface area contributed by atoms with Gasteiger partial charge in [-0.2, -0.15) is 0 Å². The second-order valence-corrected chi connectivity index (χ2v) is 6.27. The lowest BCUT2D eigenvalue weighted by molar-refractivity contribution is 0.102. The number of β-amino-alcohol motifs (C(OH)–C–C–N with tert-alkyl or cyclic N) is 1.